The molecule has 0 aliphatic heterocycles. The van der Waals surface area contributed by atoms with Crippen molar-refractivity contribution in [3.05, 3.63) is 35.9 Å². The molecule has 66 valence electrons. The Bertz CT molecular complexity index is 227. The van der Waals surface area contributed by atoms with E-state index in [2.05, 4.69) is 15.9 Å². The second-order valence-electron chi connectivity index (χ2n) is 2.67. The van der Waals surface area contributed by atoms with Gasteiger partial charge in [0, 0.05) is 11.4 Å². The molecule has 0 saturated heterocycles. The van der Waals surface area contributed by atoms with E-state index in [0.717, 1.165) is 5.56 Å². The van der Waals surface area contributed by atoms with Crippen LogP contribution in [0, 0.1) is 0 Å². The van der Waals surface area contributed by atoms with Gasteiger partial charge in [-0.3, -0.25) is 0 Å². The zero-order valence-electron chi connectivity index (χ0n) is 6.65. The summed E-state index contributed by atoms with van der Waals surface area (Å²) in [6, 6.07) is 9.18. The summed E-state index contributed by atoms with van der Waals surface area (Å²) in [6.45, 7) is 0. The van der Waals surface area contributed by atoms with Gasteiger partial charge in [-0.25, -0.2) is 0 Å². The summed E-state index contributed by atoms with van der Waals surface area (Å²) >= 11 is 3.23. The van der Waals surface area contributed by atoms with E-state index in [1.807, 2.05) is 30.3 Å². The van der Waals surface area contributed by atoms with E-state index in [9.17, 15) is 5.11 Å². The normalized spacial score (nSPS) is 15.6. The highest BCUT2D eigenvalue weighted by molar-refractivity contribution is 9.09. The van der Waals surface area contributed by atoms with Crippen molar-refractivity contribution in [2.24, 2.45) is 5.73 Å². The molecule has 0 amide bonds. The lowest BCUT2D eigenvalue weighted by Crippen LogP contribution is -2.29. The molecule has 0 heterocycles. The minimum Gasteiger partial charge on any atom is -0.387 e. The number of benzene rings is 1. The fourth-order valence-corrected chi connectivity index (χ4v) is 1.34. The molecule has 0 unspecified atom stereocenters. The molecule has 0 aliphatic carbocycles. The lowest BCUT2D eigenvalue weighted by Gasteiger charge is -2.16. The Hall–Kier alpha value is -0.380. The standard InChI is InChI=1S/C9H12BrNO/c10-6-8(11)9(12)7-4-2-1-3-5-7/h1-5,8-9,12H,6,11H2/t8-,9-/m0/s1. The SMILES string of the molecule is N[C@@H](CBr)[C@@H](O)c1ccccc1. The molecule has 12 heavy (non-hydrogen) atoms. The maximum atomic E-state index is 9.63. The van der Waals surface area contributed by atoms with Crippen LogP contribution >= 0.6 is 15.9 Å². The van der Waals surface area contributed by atoms with Crippen LogP contribution < -0.4 is 5.73 Å². The van der Waals surface area contributed by atoms with Crippen molar-refractivity contribution in [3.63, 3.8) is 0 Å². The quantitative estimate of drug-likeness (QED) is 0.772. The minimum absolute atomic E-state index is 0.243. The van der Waals surface area contributed by atoms with Crippen LogP contribution in [-0.2, 0) is 0 Å². The molecule has 0 radical (unpaired) electrons. The molecule has 1 aromatic rings. The third-order valence-corrected chi connectivity index (χ3v) is 2.47. The van der Waals surface area contributed by atoms with Gasteiger partial charge in [0.25, 0.3) is 0 Å². The van der Waals surface area contributed by atoms with Crippen LogP contribution in [-0.4, -0.2) is 16.5 Å². The van der Waals surface area contributed by atoms with Crippen LogP contribution in [0.1, 0.15) is 11.7 Å². The van der Waals surface area contributed by atoms with Crippen LogP contribution in [0.15, 0.2) is 30.3 Å². The predicted molar refractivity (Wildman–Crippen MR) is 53.2 cm³/mol. The summed E-state index contributed by atoms with van der Waals surface area (Å²) in [4.78, 5) is 0. The van der Waals surface area contributed by atoms with E-state index in [4.69, 9.17) is 5.73 Å². The number of aliphatic hydroxyl groups is 1. The smallest absolute Gasteiger partial charge is 0.0949 e. The highest BCUT2D eigenvalue weighted by Gasteiger charge is 2.14. The number of rotatable bonds is 3. The summed E-state index contributed by atoms with van der Waals surface area (Å²) in [5.74, 6) is 0. The van der Waals surface area contributed by atoms with Crippen LogP contribution in [0.3, 0.4) is 0 Å². The molecule has 1 aromatic carbocycles. The van der Waals surface area contributed by atoms with Crippen molar-refractivity contribution in [2.75, 3.05) is 5.33 Å². The van der Waals surface area contributed by atoms with Gasteiger partial charge in [0.1, 0.15) is 0 Å². The van der Waals surface area contributed by atoms with Gasteiger partial charge in [0.15, 0.2) is 0 Å². The molecule has 2 atom stereocenters. The zero-order valence-corrected chi connectivity index (χ0v) is 8.24. The van der Waals surface area contributed by atoms with Gasteiger partial charge in [-0.15, -0.1) is 0 Å². The van der Waals surface area contributed by atoms with Gasteiger partial charge in [0.2, 0.25) is 0 Å². The Morgan fingerprint density at radius 2 is 1.92 bits per heavy atom. The first kappa shape index (κ1) is 9.71. The molecule has 1 rings (SSSR count). The van der Waals surface area contributed by atoms with Gasteiger partial charge in [0.05, 0.1) is 6.10 Å². The number of alkyl halides is 1. The highest BCUT2D eigenvalue weighted by atomic mass is 79.9. The lowest BCUT2D eigenvalue weighted by molar-refractivity contribution is 0.155. The van der Waals surface area contributed by atoms with Crippen molar-refractivity contribution in [1.29, 1.82) is 0 Å². The first-order valence-electron chi connectivity index (χ1n) is 3.80. The number of nitrogens with two attached hydrogens (primary N) is 1. The Morgan fingerprint density at radius 3 is 2.42 bits per heavy atom. The van der Waals surface area contributed by atoms with Crippen LogP contribution in [0.4, 0.5) is 0 Å². The van der Waals surface area contributed by atoms with Gasteiger partial charge < -0.3 is 10.8 Å². The molecule has 0 aliphatic rings. The van der Waals surface area contributed by atoms with E-state index in [-0.39, 0.29) is 6.04 Å². The van der Waals surface area contributed by atoms with E-state index >= 15 is 0 Å². The van der Waals surface area contributed by atoms with Gasteiger partial charge in [-0.05, 0) is 5.56 Å². The van der Waals surface area contributed by atoms with Gasteiger partial charge in [-0.2, -0.15) is 0 Å². The molecule has 0 aromatic heterocycles. The zero-order chi connectivity index (χ0) is 8.97. The lowest BCUT2D eigenvalue weighted by atomic mass is 10.0. The topological polar surface area (TPSA) is 46.2 Å². The fourth-order valence-electron chi connectivity index (χ4n) is 0.982. The monoisotopic (exact) mass is 229 g/mol. The summed E-state index contributed by atoms with van der Waals surface area (Å²) in [7, 11) is 0. The summed E-state index contributed by atoms with van der Waals surface area (Å²) in [5.41, 5.74) is 6.52. The third-order valence-electron chi connectivity index (χ3n) is 1.72. The summed E-state index contributed by atoms with van der Waals surface area (Å²) < 4.78 is 0. The molecule has 3 heteroatoms. The minimum atomic E-state index is -0.578. The molecule has 0 spiro atoms. The van der Waals surface area contributed by atoms with Crippen molar-refractivity contribution < 1.29 is 5.11 Å². The van der Waals surface area contributed by atoms with E-state index in [0.29, 0.717) is 5.33 Å². The average molecular weight is 230 g/mol. The Morgan fingerprint density at radius 1 is 1.33 bits per heavy atom. The number of hydrogen-bond acceptors (Lipinski definition) is 2. The molecule has 3 N–H and O–H groups in total. The highest BCUT2D eigenvalue weighted by Crippen LogP contribution is 2.15. The van der Waals surface area contributed by atoms with E-state index in [1.54, 1.807) is 0 Å². The maximum absolute atomic E-state index is 9.63. The number of hydrogen-bond donors (Lipinski definition) is 2. The van der Waals surface area contributed by atoms with E-state index < -0.39 is 6.10 Å². The van der Waals surface area contributed by atoms with Crippen molar-refractivity contribution in [3.8, 4) is 0 Å². The molecule has 0 saturated carbocycles. The van der Waals surface area contributed by atoms with E-state index in [1.165, 1.54) is 0 Å². The van der Waals surface area contributed by atoms with Crippen LogP contribution in [0.25, 0.3) is 0 Å². The second kappa shape index (κ2) is 4.60. The first-order valence-corrected chi connectivity index (χ1v) is 4.92. The molecular weight excluding hydrogens is 218 g/mol. The van der Waals surface area contributed by atoms with Crippen molar-refractivity contribution >= 4 is 15.9 Å². The largest absolute Gasteiger partial charge is 0.387 e. The first-order chi connectivity index (χ1) is 5.75. The van der Waals surface area contributed by atoms with Gasteiger partial charge in [-0.1, -0.05) is 46.3 Å². The molecule has 2 nitrogen and oxygen atoms in total. The van der Waals surface area contributed by atoms with Crippen LogP contribution in [0.2, 0.25) is 0 Å². The van der Waals surface area contributed by atoms with Crippen molar-refractivity contribution in [2.45, 2.75) is 12.1 Å². The second-order valence-corrected chi connectivity index (χ2v) is 3.32. The van der Waals surface area contributed by atoms with Crippen LogP contribution in [0.5, 0.6) is 0 Å². The average Bonchev–Trinajstić information content (AvgIpc) is 2.17. The number of aliphatic hydroxyl groups excluding tert-OH is 1. The Kier molecular flexibility index (Phi) is 3.72. The Labute approximate surface area is 80.5 Å². The number of halogens is 1. The maximum Gasteiger partial charge on any atom is 0.0949 e. The summed E-state index contributed by atoms with van der Waals surface area (Å²) in [6.07, 6.45) is -0.578. The van der Waals surface area contributed by atoms with Crippen molar-refractivity contribution in [1.82, 2.24) is 0 Å². The summed E-state index contributed by atoms with van der Waals surface area (Å²) in [5, 5.41) is 10.2. The third kappa shape index (κ3) is 2.30. The Balaban J connectivity index is 2.71. The van der Waals surface area contributed by atoms with Gasteiger partial charge >= 0.3 is 0 Å². The molecule has 0 bridgehead atoms. The molecular formula is C9H12BrNO. The predicted octanol–water partition coefficient (Wildman–Crippen LogP) is 1.44. The molecule has 0 fully saturated rings. The fraction of sp³-hybridized carbons (Fsp3) is 0.333.